The summed E-state index contributed by atoms with van der Waals surface area (Å²) < 4.78 is 6.53. The average Bonchev–Trinajstić information content (AvgIpc) is 2.48. The highest BCUT2D eigenvalue weighted by Gasteiger charge is 2.07. The summed E-state index contributed by atoms with van der Waals surface area (Å²) in [7, 11) is 0. The van der Waals surface area contributed by atoms with E-state index in [1.807, 2.05) is 56.3 Å². The quantitative estimate of drug-likeness (QED) is 0.487. The van der Waals surface area contributed by atoms with Crippen molar-refractivity contribution in [3.05, 3.63) is 63.1 Å². The van der Waals surface area contributed by atoms with Crippen molar-refractivity contribution in [3.63, 3.8) is 0 Å². The zero-order valence-electron chi connectivity index (χ0n) is 12.3. The lowest BCUT2D eigenvalue weighted by Gasteiger charge is -2.12. The topological polar surface area (TPSA) is 33.0 Å². The summed E-state index contributed by atoms with van der Waals surface area (Å²) in [5.41, 5.74) is 2.15. The van der Waals surface area contributed by atoms with E-state index in [4.69, 9.17) is 16.3 Å². The zero-order chi connectivity index (χ0) is 16.1. The zero-order valence-corrected chi connectivity index (χ0v) is 14.6. The third-order valence-corrected chi connectivity index (χ3v) is 3.86. The second-order valence-electron chi connectivity index (χ2n) is 5.01. The largest absolute Gasteiger partial charge is 0.490 e. The van der Waals surface area contributed by atoms with Crippen molar-refractivity contribution in [3.8, 4) is 11.8 Å². The van der Waals surface area contributed by atoms with Crippen LogP contribution in [0.1, 0.15) is 25.0 Å². The summed E-state index contributed by atoms with van der Waals surface area (Å²) in [6.45, 7) is 3.96. The first kappa shape index (κ1) is 16.6. The van der Waals surface area contributed by atoms with E-state index in [-0.39, 0.29) is 6.10 Å². The molecule has 22 heavy (non-hydrogen) atoms. The molecule has 2 nitrogen and oxygen atoms in total. The van der Waals surface area contributed by atoms with E-state index >= 15 is 0 Å². The Morgan fingerprint density at radius 3 is 2.59 bits per heavy atom. The Hall–Kier alpha value is -1.76. The molecule has 0 saturated carbocycles. The van der Waals surface area contributed by atoms with Crippen LogP contribution in [0.2, 0.25) is 5.02 Å². The van der Waals surface area contributed by atoms with E-state index in [1.165, 1.54) is 0 Å². The smallest absolute Gasteiger partial charge is 0.133 e. The summed E-state index contributed by atoms with van der Waals surface area (Å²) in [6.07, 6.45) is 1.92. The van der Waals surface area contributed by atoms with E-state index in [0.717, 1.165) is 21.3 Å². The Morgan fingerprint density at radius 2 is 2.00 bits per heavy atom. The molecule has 0 amide bonds. The van der Waals surface area contributed by atoms with Crippen LogP contribution in [-0.2, 0) is 0 Å². The van der Waals surface area contributed by atoms with Crippen LogP contribution in [0.4, 0.5) is 0 Å². The second kappa shape index (κ2) is 7.49. The van der Waals surface area contributed by atoms with Crippen LogP contribution in [0, 0.1) is 11.3 Å². The van der Waals surface area contributed by atoms with Gasteiger partial charge in [-0.05, 0) is 59.6 Å². The molecule has 4 heteroatoms. The van der Waals surface area contributed by atoms with Crippen molar-refractivity contribution >= 4 is 39.2 Å². The van der Waals surface area contributed by atoms with E-state index < -0.39 is 0 Å². The highest BCUT2D eigenvalue weighted by molar-refractivity contribution is 9.10. The van der Waals surface area contributed by atoms with Gasteiger partial charge in [0.05, 0.1) is 22.2 Å². The lowest BCUT2D eigenvalue weighted by atomic mass is 10.0. The van der Waals surface area contributed by atoms with Gasteiger partial charge in [-0.3, -0.25) is 0 Å². The van der Waals surface area contributed by atoms with Gasteiger partial charge in [0.2, 0.25) is 0 Å². The van der Waals surface area contributed by atoms with Gasteiger partial charge in [-0.25, -0.2) is 0 Å². The number of halogens is 2. The first-order chi connectivity index (χ1) is 10.5. The normalized spacial score (nSPS) is 11.4. The molecule has 2 rings (SSSR count). The molecule has 2 aromatic rings. The Kier molecular flexibility index (Phi) is 5.65. The van der Waals surface area contributed by atoms with Crippen LogP contribution < -0.4 is 4.74 Å². The Morgan fingerprint density at radius 1 is 1.27 bits per heavy atom. The maximum Gasteiger partial charge on any atom is 0.133 e. The second-order valence-corrected chi connectivity index (χ2v) is 6.27. The summed E-state index contributed by atoms with van der Waals surface area (Å²) in [5.74, 6) is 0.781. The molecule has 0 aliphatic rings. The Balaban J connectivity index is 2.37. The molecule has 0 heterocycles. The molecule has 0 saturated heterocycles. The maximum atomic E-state index is 9.39. The van der Waals surface area contributed by atoms with Crippen molar-refractivity contribution in [1.29, 1.82) is 5.26 Å². The van der Waals surface area contributed by atoms with Gasteiger partial charge in [-0.15, -0.1) is 0 Å². The molecule has 0 unspecified atom stereocenters. The monoisotopic (exact) mass is 375 g/mol. The van der Waals surface area contributed by atoms with Crippen LogP contribution in [0.25, 0.3) is 11.6 Å². The number of nitrogens with zero attached hydrogens (tertiary/aromatic N) is 1. The SMILES string of the molecule is CC(C)Oc1ccc(/C=C(\C#N)c2ccccc2Cl)cc1Br. The molecule has 0 radical (unpaired) electrons. The first-order valence-electron chi connectivity index (χ1n) is 6.84. The summed E-state index contributed by atoms with van der Waals surface area (Å²) >= 11 is 9.65. The Bertz CT molecular complexity index is 747. The van der Waals surface area contributed by atoms with Gasteiger partial charge < -0.3 is 4.74 Å². The average molecular weight is 377 g/mol. The molecule has 0 bridgehead atoms. The molecule has 0 aromatic heterocycles. The minimum Gasteiger partial charge on any atom is -0.490 e. The molecule has 0 N–H and O–H groups in total. The Labute approximate surface area is 144 Å². The van der Waals surface area contributed by atoms with Gasteiger partial charge in [0.15, 0.2) is 0 Å². The van der Waals surface area contributed by atoms with Gasteiger partial charge in [0.25, 0.3) is 0 Å². The van der Waals surface area contributed by atoms with E-state index in [0.29, 0.717) is 10.6 Å². The molecule has 112 valence electrons. The first-order valence-corrected chi connectivity index (χ1v) is 8.01. The number of benzene rings is 2. The van der Waals surface area contributed by atoms with Crippen molar-refractivity contribution in [2.75, 3.05) is 0 Å². The van der Waals surface area contributed by atoms with E-state index in [9.17, 15) is 5.26 Å². The number of nitriles is 1. The van der Waals surface area contributed by atoms with Gasteiger partial charge in [0, 0.05) is 10.6 Å². The minimum absolute atomic E-state index is 0.107. The molecule has 2 aromatic carbocycles. The van der Waals surface area contributed by atoms with Crippen LogP contribution in [-0.4, -0.2) is 6.10 Å². The van der Waals surface area contributed by atoms with Crippen molar-refractivity contribution < 1.29 is 4.74 Å². The molecule has 0 aliphatic heterocycles. The molecular formula is C18H15BrClNO. The number of ether oxygens (including phenoxy) is 1. The lowest BCUT2D eigenvalue weighted by molar-refractivity contribution is 0.241. The highest BCUT2D eigenvalue weighted by atomic mass is 79.9. The molecule has 0 spiro atoms. The van der Waals surface area contributed by atoms with Crippen LogP contribution in [0.3, 0.4) is 0 Å². The van der Waals surface area contributed by atoms with E-state index in [1.54, 1.807) is 6.07 Å². The minimum atomic E-state index is 0.107. The van der Waals surface area contributed by atoms with Gasteiger partial charge in [0.1, 0.15) is 5.75 Å². The lowest BCUT2D eigenvalue weighted by Crippen LogP contribution is -2.05. The van der Waals surface area contributed by atoms with Crippen molar-refractivity contribution in [2.24, 2.45) is 0 Å². The highest BCUT2D eigenvalue weighted by Crippen LogP contribution is 2.30. The van der Waals surface area contributed by atoms with E-state index in [2.05, 4.69) is 22.0 Å². The molecule has 0 atom stereocenters. The summed E-state index contributed by atoms with van der Waals surface area (Å²) in [6, 6.07) is 15.2. The van der Waals surface area contributed by atoms with Crippen LogP contribution in [0.5, 0.6) is 5.75 Å². The van der Waals surface area contributed by atoms with Gasteiger partial charge >= 0.3 is 0 Å². The fraction of sp³-hybridized carbons (Fsp3) is 0.167. The predicted octanol–water partition coefficient (Wildman–Crippen LogP) is 5.95. The fourth-order valence-corrected chi connectivity index (χ4v) is 2.70. The number of hydrogen-bond acceptors (Lipinski definition) is 2. The van der Waals surface area contributed by atoms with Gasteiger partial charge in [-0.2, -0.15) is 5.26 Å². The molecule has 0 aliphatic carbocycles. The maximum absolute atomic E-state index is 9.39. The van der Waals surface area contributed by atoms with Crippen molar-refractivity contribution in [1.82, 2.24) is 0 Å². The predicted molar refractivity (Wildman–Crippen MR) is 94.8 cm³/mol. The standard InChI is InChI=1S/C18H15BrClNO/c1-12(2)22-18-8-7-13(10-16(18)19)9-14(11-21)15-5-3-4-6-17(15)20/h3-10,12H,1-2H3/b14-9+. The van der Waals surface area contributed by atoms with Crippen LogP contribution >= 0.6 is 27.5 Å². The number of hydrogen-bond donors (Lipinski definition) is 0. The fourth-order valence-electron chi connectivity index (χ4n) is 1.97. The van der Waals surface area contributed by atoms with Gasteiger partial charge in [-0.1, -0.05) is 35.9 Å². The van der Waals surface area contributed by atoms with Crippen molar-refractivity contribution in [2.45, 2.75) is 20.0 Å². The number of allylic oxidation sites excluding steroid dienone is 1. The third kappa shape index (κ3) is 4.13. The third-order valence-electron chi connectivity index (χ3n) is 2.91. The molecular weight excluding hydrogens is 362 g/mol. The molecule has 0 fully saturated rings. The summed E-state index contributed by atoms with van der Waals surface area (Å²) in [4.78, 5) is 0. The van der Waals surface area contributed by atoms with Crippen LogP contribution in [0.15, 0.2) is 46.9 Å². The number of rotatable bonds is 4. The summed E-state index contributed by atoms with van der Waals surface area (Å²) in [5, 5.41) is 9.96.